The topological polar surface area (TPSA) is 153 Å². The Balaban J connectivity index is 4.74. The van der Waals surface area contributed by atoms with Crippen LogP contribution >= 0.6 is 11.8 Å². The molecule has 0 heterocycles. The molecule has 0 saturated carbocycles. The smallest absolute Gasteiger partial charge is 0.303 e. The molecule has 0 aromatic rings. The van der Waals surface area contributed by atoms with Crippen LogP contribution in [0.5, 0.6) is 0 Å². The zero-order chi connectivity index (χ0) is 37.1. The second kappa shape index (κ2) is 35.0. The molecule has 1 amide bonds. The highest BCUT2D eigenvalue weighted by molar-refractivity contribution is 8.00. The van der Waals surface area contributed by atoms with Crippen LogP contribution in [-0.2, 0) is 9.59 Å². The molecule has 0 aliphatic heterocycles. The van der Waals surface area contributed by atoms with Crippen LogP contribution in [0.2, 0.25) is 0 Å². The number of aliphatic hydroxyl groups is 3. The molecular weight excluding hydrogens is 649 g/mol. The van der Waals surface area contributed by atoms with Crippen LogP contribution < -0.4 is 11.1 Å². The highest BCUT2D eigenvalue weighted by Gasteiger charge is 2.24. The van der Waals surface area contributed by atoms with Gasteiger partial charge in [-0.05, 0) is 64.2 Å². The summed E-state index contributed by atoms with van der Waals surface area (Å²) in [5, 5.41) is 42.4. The Kier molecular flexibility index (Phi) is 33.3. The third kappa shape index (κ3) is 29.3. The first-order valence-corrected chi connectivity index (χ1v) is 20.1. The average molecular weight is 719 g/mol. The molecule has 0 spiro atoms. The number of rotatable bonds is 33. The van der Waals surface area contributed by atoms with Crippen molar-refractivity contribution in [2.24, 2.45) is 5.73 Å². The Morgan fingerprint density at radius 2 is 1.34 bits per heavy atom. The molecule has 0 rings (SSSR count). The molecule has 286 valence electrons. The second-order valence-corrected chi connectivity index (χ2v) is 14.0. The first-order chi connectivity index (χ1) is 24.3. The minimum absolute atomic E-state index is 0.0331. The molecule has 0 bridgehead atoms. The number of carbonyl (C=O) groups is 2. The first-order valence-electron chi connectivity index (χ1n) is 19.1. The van der Waals surface area contributed by atoms with Gasteiger partial charge < -0.3 is 31.5 Å². The summed E-state index contributed by atoms with van der Waals surface area (Å²) in [4.78, 5) is 23.8. The van der Waals surface area contributed by atoms with Crippen LogP contribution in [0.4, 0.5) is 0 Å². The minimum Gasteiger partial charge on any atom is -0.481 e. The number of nitrogens with one attached hydrogen (secondary N) is 1. The normalized spacial score (nSPS) is 15.6. The molecule has 9 heteroatoms. The van der Waals surface area contributed by atoms with Gasteiger partial charge in [-0.15, -0.1) is 11.8 Å². The van der Waals surface area contributed by atoms with Crippen molar-refractivity contribution in [1.82, 2.24) is 5.32 Å². The third-order valence-corrected chi connectivity index (χ3v) is 9.55. The maximum Gasteiger partial charge on any atom is 0.303 e. The van der Waals surface area contributed by atoms with Gasteiger partial charge in [-0.2, -0.15) is 0 Å². The number of hydrogen-bond acceptors (Lipinski definition) is 7. The highest BCUT2D eigenvalue weighted by atomic mass is 32.2. The summed E-state index contributed by atoms with van der Waals surface area (Å²) in [5.41, 5.74) is 6.17. The van der Waals surface area contributed by atoms with Crippen molar-refractivity contribution < 1.29 is 30.0 Å². The molecule has 0 unspecified atom stereocenters. The van der Waals surface area contributed by atoms with Gasteiger partial charge in [-0.3, -0.25) is 9.59 Å². The zero-order valence-corrected chi connectivity index (χ0v) is 31.9. The van der Waals surface area contributed by atoms with Gasteiger partial charge in [-0.25, -0.2) is 0 Å². The van der Waals surface area contributed by atoms with E-state index in [1.54, 1.807) is 6.08 Å². The molecule has 7 N–H and O–H groups in total. The fourth-order valence-electron chi connectivity index (χ4n) is 5.01. The summed E-state index contributed by atoms with van der Waals surface area (Å²) in [5.74, 6) is -1.23. The van der Waals surface area contributed by atoms with E-state index in [1.165, 1.54) is 69.5 Å². The van der Waals surface area contributed by atoms with E-state index in [0.29, 0.717) is 12.8 Å². The van der Waals surface area contributed by atoms with E-state index in [2.05, 4.69) is 49.5 Å². The standard InChI is InChI=1S/C41H70N2O6S/c1-3-5-7-9-11-13-15-17-18-20-22-24-26-29-37(45)36(33-44)43-41(49)35(42)34-50-39(38(46)30-28-32-40(47)48)31-27-25-23-21-19-16-14-12-10-8-6-4-2/h7,9,12,14,19,21,23,25-27,29,31,35-39,44-46H,3-6,8,10-11,13,15-18,20,22,24,28,30,32-34,42H2,1-2H3,(H,43,49)(H,47,48)/b9-7-,14-12-,21-19-,25-23+,29-26+,31-27+/t35-,36-,37+,38-,39+/m0/s1. The van der Waals surface area contributed by atoms with E-state index in [1.807, 2.05) is 36.5 Å². The number of unbranched alkanes of at least 4 members (excludes halogenated alkanes) is 11. The molecule has 5 atom stereocenters. The predicted molar refractivity (Wildman–Crippen MR) is 212 cm³/mol. The Hall–Kier alpha value is -2.43. The molecule has 0 fully saturated rings. The average Bonchev–Trinajstić information content (AvgIpc) is 3.10. The number of nitrogens with two attached hydrogens (primary N) is 1. The highest BCUT2D eigenvalue weighted by Crippen LogP contribution is 2.21. The Bertz CT molecular complexity index is 1010. The molecule has 50 heavy (non-hydrogen) atoms. The van der Waals surface area contributed by atoms with Gasteiger partial charge >= 0.3 is 5.97 Å². The fraction of sp³-hybridized carbons (Fsp3) is 0.659. The van der Waals surface area contributed by atoms with Crippen LogP contribution in [0, 0.1) is 0 Å². The molecular formula is C41H70N2O6S. The van der Waals surface area contributed by atoms with Gasteiger partial charge in [0.15, 0.2) is 0 Å². The van der Waals surface area contributed by atoms with E-state index < -0.39 is 48.0 Å². The largest absolute Gasteiger partial charge is 0.481 e. The molecule has 0 radical (unpaired) electrons. The fourth-order valence-corrected chi connectivity index (χ4v) is 6.15. The Morgan fingerprint density at radius 3 is 2.00 bits per heavy atom. The predicted octanol–water partition coefficient (Wildman–Crippen LogP) is 8.10. The number of aliphatic hydroxyl groups excluding tert-OH is 3. The van der Waals surface area contributed by atoms with E-state index in [-0.39, 0.29) is 12.2 Å². The lowest BCUT2D eigenvalue weighted by Gasteiger charge is -2.24. The summed E-state index contributed by atoms with van der Waals surface area (Å²) < 4.78 is 0. The minimum atomic E-state index is -1.04. The van der Waals surface area contributed by atoms with Crippen molar-refractivity contribution in [3.63, 3.8) is 0 Å². The summed E-state index contributed by atoms with van der Waals surface area (Å²) in [7, 11) is 0. The van der Waals surface area contributed by atoms with E-state index in [4.69, 9.17) is 10.8 Å². The van der Waals surface area contributed by atoms with Crippen LogP contribution in [-0.4, -0.2) is 74.2 Å². The summed E-state index contributed by atoms with van der Waals surface area (Å²) in [6.45, 7) is 3.95. The van der Waals surface area contributed by atoms with E-state index >= 15 is 0 Å². The summed E-state index contributed by atoms with van der Waals surface area (Å²) >= 11 is 1.31. The number of allylic oxidation sites excluding steroid dienone is 10. The summed E-state index contributed by atoms with van der Waals surface area (Å²) in [6, 6.07) is -1.82. The number of amides is 1. The quantitative estimate of drug-likeness (QED) is 0.0226. The molecule has 0 saturated heterocycles. The first kappa shape index (κ1) is 47.6. The lowest BCUT2D eigenvalue weighted by molar-refractivity contribution is -0.137. The maximum absolute atomic E-state index is 12.8. The SMILES string of the molecule is CCC/C=C\CCCCCCCC/C=C/[C@@H](O)[C@H](CO)NC(=O)[C@@H](N)CS[C@H](/C=C/C=C/C=C\C/C=C\CCCCC)[C@@H](O)CCCC(=O)O. The lowest BCUT2D eigenvalue weighted by Crippen LogP contribution is -2.52. The van der Waals surface area contributed by atoms with E-state index in [0.717, 1.165) is 38.5 Å². The molecule has 0 aromatic heterocycles. The number of hydrogen-bond donors (Lipinski definition) is 6. The van der Waals surface area contributed by atoms with Gasteiger partial charge in [0.05, 0.1) is 30.9 Å². The monoisotopic (exact) mass is 718 g/mol. The lowest BCUT2D eigenvalue weighted by atomic mass is 10.1. The van der Waals surface area contributed by atoms with Crippen molar-refractivity contribution in [2.45, 2.75) is 159 Å². The van der Waals surface area contributed by atoms with Gasteiger partial charge in [-0.1, -0.05) is 132 Å². The number of aliphatic carboxylic acids is 1. The molecule has 0 aromatic carbocycles. The molecule has 8 nitrogen and oxygen atoms in total. The van der Waals surface area contributed by atoms with Crippen molar-refractivity contribution >= 4 is 23.6 Å². The van der Waals surface area contributed by atoms with Crippen molar-refractivity contribution in [3.05, 3.63) is 72.9 Å². The number of thioether (sulfide) groups is 1. The van der Waals surface area contributed by atoms with Gasteiger partial charge in [0, 0.05) is 17.4 Å². The van der Waals surface area contributed by atoms with Crippen molar-refractivity contribution in [3.8, 4) is 0 Å². The maximum atomic E-state index is 12.8. The second-order valence-electron chi connectivity index (χ2n) is 12.8. The van der Waals surface area contributed by atoms with Gasteiger partial charge in [0.25, 0.3) is 0 Å². The molecule has 0 aliphatic rings. The zero-order valence-electron chi connectivity index (χ0n) is 31.0. The van der Waals surface area contributed by atoms with Crippen molar-refractivity contribution in [1.29, 1.82) is 0 Å². The number of carboxylic acids is 1. The number of carboxylic acid groups (broad SMARTS) is 1. The van der Waals surface area contributed by atoms with Gasteiger partial charge in [0.2, 0.25) is 5.91 Å². The van der Waals surface area contributed by atoms with Crippen LogP contribution in [0.25, 0.3) is 0 Å². The Morgan fingerprint density at radius 1 is 0.720 bits per heavy atom. The molecule has 0 aliphatic carbocycles. The summed E-state index contributed by atoms with van der Waals surface area (Å²) in [6.07, 6.45) is 39.8. The number of carbonyl (C=O) groups excluding carboxylic acids is 1. The van der Waals surface area contributed by atoms with Gasteiger partial charge in [0.1, 0.15) is 0 Å². The van der Waals surface area contributed by atoms with Crippen molar-refractivity contribution in [2.75, 3.05) is 12.4 Å². The third-order valence-electron chi connectivity index (χ3n) is 8.14. The van der Waals surface area contributed by atoms with Crippen LogP contribution in [0.1, 0.15) is 129 Å². The Labute approximate surface area is 308 Å². The van der Waals surface area contributed by atoms with Crippen LogP contribution in [0.15, 0.2) is 72.9 Å². The van der Waals surface area contributed by atoms with Crippen LogP contribution in [0.3, 0.4) is 0 Å². The van der Waals surface area contributed by atoms with E-state index in [9.17, 15) is 24.9 Å².